The van der Waals surface area contributed by atoms with Crippen molar-refractivity contribution in [3.8, 4) is 0 Å². The lowest BCUT2D eigenvalue weighted by atomic mass is 9.98. The van der Waals surface area contributed by atoms with Gasteiger partial charge in [0.25, 0.3) is 0 Å². The van der Waals surface area contributed by atoms with Gasteiger partial charge < -0.3 is 28.8 Å². The average Bonchev–Trinajstić information content (AvgIpc) is 3.01. The van der Waals surface area contributed by atoms with Crippen LogP contribution in [0.1, 0.15) is 22.3 Å². The van der Waals surface area contributed by atoms with Gasteiger partial charge in [0, 0.05) is 0 Å². The molecule has 4 aromatic rings. The summed E-state index contributed by atoms with van der Waals surface area (Å²) in [7, 11) is 0. The van der Waals surface area contributed by atoms with E-state index in [2.05, 4.69) is 0 Å². The van der Waals surface area contributed by atoms with E-state index in [9.17, 15) is 5.11 Å². The molecule has 1 N–H and O–H groups in total. The first kappa shape index (κ1) is 28.2. The molecule has 0 saturated carbocycles. The second kappa shape index (κ2) is 14.9. The maximum atomic E-state index is 11.2. The number of hydrogen-bond donors (Lipinski definition) is 1. The van der Waals surface area contributed by atoms with E-state index in [1.165, 1.54) is 0 Å². The lowest BCUT2D eigenvalue weighted by Gasteiger charge is -2.44. The SMILES string of the molecule is OC1OC(COCc2ccccc2)[C@@H](OCc2ccccc2)[C@@H](OCc2ccccc2)[C@H]1OCc1ccccc1. The lowest BCUT2D eigenvalue weighted by Crippen LogP contribution is -2.61. The predicted molar refractivity (Wildman–Crippen MR) is 152 cm³/mol. The molecule has 6 nitrogen and oxygen atoms in total. The van der Waals surface area contributed by atoms with Gasteiger partial charge in [-0.05, 0) is 22.3 Å². The number of ether oxygens (including phenoxy) is 5. The first-order valence-corrected chi connectivity index (χ1v) is 13.7. The van der Waals surface area contributed by atoms with Gasteiger partial charge in [-0.15, -0.1) is 0 Å². The highest BCUT2D eigenvalue weighted by atomic mass is 16.7. The number of aliphatic hydroxyl groups is 1. The molecule has 5 rings (SSSR count). The maximum Gasteiger partial charge on any atom is 0.184 e. The van der Waals surface area contributed by atoms with Crippen molar-refractivity contribution in [1.29, 1.82) is 0 Å². The molecule has 0 aliphatic carbocycles. The van der Waals surface area contributed by atoms with Crippen molar-refractivity contribution in [3.63, 3.8) is 0 Å². The second-order valence-corrected chi connectivity index (χ2v) is 9.85. The molecule has 1 fully saturated rings. The molecule has 0 spiro atoms. The van der Waals surface area contributed by atoms with Gasteiger partial charge in [0.2, 0.25) is 0 Å². The van der Waals surface area contributed by atoms with Crippen LogP contribution < -0.4 is 0 Å². The third-order valence-electron chi connectivity index (χ3n) is 6.86. The molecule has 0 bridgehead atoms. The molecule has 1 saturated heterocycles. The molecule has 5 atom stereocenters. The summed E-state index contributed by atoms with van der Waals surface area (Å²) in [6.07, 6.45) is -3.72. The number of aliphatic hydroxyl groups excluding tert-OH is 1. The molecule has 6 heteroatoms. The van der Waals surface area contributed by atoms with Crippen molar-refractivity contribution in [1.82, 2.24) is 0 Å². The van der Waals surface area contributed by atoms with Gasteiger partial charge >= 0.3 is 0 Å². The average molecular weight is 541 g/mol. The van der Waals surface area contributed by atoms with Gasteiger partial charge in [-0.3, -0.25) is 0 Å². The Labute approximate surface area is 236 Å². The molecule has 40 heavy (non-hydrogen) atoms. The summed E-state index contributed by atoms with van der Waals surface area (Å²) >= 11 is 0. The fraction of sp³-hybridized carbons (Fsp3) is 0.294. The van der Waals surface area contributed by atoms with E-state index < -0.39 is 30.7 Å². The third-order valence-corrected chi connectivity index (χ3v) is 6.86. The summed E-state index contributed by atoms with van der Waals surface area (Å²) < 4.78 is 31.4. The minimum atomic E-state index is -1.22. The maximum absolute atomic E-state index is 11.2. The van der Waals surface area contributed by atoms with Crippen LogP contribution in [0.15, 0.2) is 121 Å². The van der Waals surface area contributed by atoms with Crippen LogP contribution in [0.3, 0.4) is 0 Å². The fourth-order valence-corrected chi connectivity index (χ4v) is 4.77. The Hall–Kier alpha value is -3.36. The highest BCUT2D eigenvalue weighted by Gasteiger charge is 2.48. The highest BCUT2D eigenvalue weighted by molar-refractivity contribution is 5.16. The van der Waals surface area contributed by atoms with Gasteiger partial charge in [-0.1, -0.05) is 121 Å². The van der Waals surface area contributed by atoms with Crippen molar-refractivity contribution >= 4 is 0 Å². The zero-order valence-electron chi connectivity index (χ0n) is 22.5. The van der Waals surface area contributed by atoms with Gasteiger partial charge in [0.15, 0.2) is 6.29 Å². The topological polar surface area (TPSA) is 66.4 Å². The van der Waals surface area contributed by atoms with E-state index in [0.29, 0.717) is 26.4 Å². The summed E-state index contributed by atoms with van der Waals surface area (Å²) in [5.41, 5.74) is 4.10. The van der Waals surface area contributed by atoms with Crippen LogP contribution in [-0.4, -0.2) is 42.4 Å². The van der Waals surface area contributed by atoms with Crippen molar-refractivity contribution in [2.24, 2.45) is 0 Å². The van der Waals surface area contributed by atoms with Crippen molar-refractivity contribution in [3.05, 3.63) is 144 Å². The second-order valence-electron chi connectivity index (χ2n) is 9.85. The Morgan fingerprint density at radius 3 is 1.30 bits per heavy atom. The molecule has 208 valence electrons. The van der Waals surface area contributed by atoms with Gasteiger partial charge in [-0.25, -0.2) is 0 Å². The molecule has 0 amide bonds. The number of hydrogen-bond acceptors (Lipinski definition) is 6. The molecule has 1 aliphatic heterocycles. The standard InChI is InChI=1S/C34H36O6/c35-34-33(39-24-29-19-11-4-12-20-29)32(38-23-28-17-9-3-10-18-28)31(37-22-27-15-7-2-8-16-27)30(40-34)25-36-21-26-13-5-1-6-14-26/h1-20,30-35H,21-25H2/t30?,31-,32-,33-,34?/m1/s1. The van der Waals surface area contributed by atoms with E-state index in [1.54, 1.807) is 0 Å². The largest absolute Gasteiger partial charge is 0.374 e. The van der Waals surface area contributed by atoms with Crippen LogP contribution in [0.4, 0.5) is 0 Å². The summed E-state index contributed by atoms with van der Waals surface area (Å²) in [6.45, 7) is 1.65. The Kier molecular flexibility index (Phi) is 10.5. The zero-order valence-corrected chi connectivity index (χ0v) is 22.5. The molecule has 2 unspecified atom stereocenters. The summed E-state index contributed by atoms with van der Waals surface area (Å²) in [5, 5.41) is 11.2. The molecule has 0 radical (unpaired) electrons. The molecular weight excluding hydrogens is 504 g/mol. The van der Waals surface area contributed by atoms with Crippen LogP contribution in [0.25, 0.3) is 0 Å². The van der Waals surface area contributed by atoms with Crippen molar-refractivity contribution < 1.29 is 28.8 Å². The van der Waals surface area contributed by atoms with Crippen LogP contribution in [0, 0.1) is 0 Å². The molecule has 0 aromatic heterocycles. The Bertz CT molecular complexity index is 1240. The normalized spacial score (nSPS) is 22.7. The predicted octanol–water partition coefficient (Wildman–Crippen LogP) is 5.68. The molecule has 4 aromatic carbocycles. The van der Waals surface area contributed by atoms with Crippen molar-refractivity contribution in [2.45, 2.75) is 57.1 Å². The van der Waals surface area contributed by atoms with E-state index in [-0.39, 0.29) is 6.61 Å². The monoisotopic (exact) mass is 540 g/mol. The smallest absolute Gasteiger partial charge is 0.184 e. The lowest BCUT2D eigenvalue weighted by molar-refractivity contribution is -0.317. The summed E-state index contributed by atoms with van der Waals surface area (Å²) in [4.78, 5) is 0. The van der Waals surface area contributed by atoms with Crippen LogP contribution in [-0.2, 0) is 50.1 Å². The first-order valence-electron chi connectivity index (χ1n) is 13.7. The molecule has 1 heterocycles. The van der Waals surface area contributed by atoms with E-state index in [1.807, 2.05) is 121 Å². The summed E-state index contributed by atoms with van der Waals surface area (Å²) in [5.74, 6) is 0. The van der Waals surface area contributed by atoms with Crippen LogP contribution >= 0.6 is 0 Å². The van der Waals surface area contributed by atoms with Crippen LogP contribution in [0.2, 0.25) is 0 Å². The van der Waals surface area contributed by atoms with Crippen LogP contribution in [0.5, 0.6) is 0 Å². The minimum Gasteiger partial charge on any atom is -0.374 e. The van der Waals surface area contributed by atoms with Gasteiger partial charge in [-0.2, -0.15) is 0 Å². The van der Waals surface area contributed by atoms with Gasteiger partial charge in [0.1, 0.15) is 24.4 Å². The Morgan fingerprint density at radius 2 is 0.850 bits per heavy atom. The third kappa shape index (κ3) is 8.08. The molecular formula is C34H36O6. The zero-order chi connectivity index (χ0) is 27.4. The number of rotatable bonds is 13. The fourth-order valence-electron chi connectivity index (χ4n) is 4.77. The molecule has 1 aliphatic rings. The quantitative estimate of drug-likeness (QED) is 0.236. The highest BCUT2D eigenvalue weighted by Crippen LogP contribution is 2.30. The number of benzene rings is 4. The van der Waals surface area contributed by atoms with Crippen molar-refractivity contribution in [2.75, 3.05) is 6.61 Å². The van der Waals surface area contributed by atoms with E-state index >= 15 is 0 Å². The Morgan fingerprint density at radius 1 is 0.475 bits per heavy atom. The first-order chi connectivity index (χ1) is 19.8. The van der Waals surface area contributed by atoms with E-state index in [4.69, 9.17) is 23.7 Å². The summed E-state index contributed by atoms with van der Waals surface area (Å²) in [6, 6.07) is 39.7. The van der Waals surface area contributed by atoms with E-state index in [0.717, 1.165) is 22.3 Å². The Balaban J connectivity index is 1.36. The minimum absolute atomic E-state index is 0.224. The van der Waals surface area contributed by atoms with Gasteiger partial charge in [0.05, 0.1) is 33.0 Å².